The molecule has 0 aromatic carbocycles. The van der Waals surface area contributed by atoms with Gasteiger partial charge in [-0.05, 0) is 52.7 Å². The van der Waals surface area contributed by atoms with Crippen LogP contribution in [0.2, 0.25) is 0 Å². The fraction of sp³-hybridized carbons (Fsp3) is 0.889. The van der Waals surface area contributed by atoms with Crippen LogP contribution in [0.4, 0.5) is 0 Å². The Morgan fingerprint density at radius 3 is 2.41 bits per heavy atom. The third-order valence-electron chi connectivity index (χ3n) is 5.22. The molecule has 0 radical (unpaired) electrons. The Bertz CT molecular complexity index is 388. The van der Waals surface area contributed by atoms with Crippen LogP contribution in [0.1, 0.15) is 64.2 Å². The van der Waals surface area contributed by atoms with Crippen molar-refractivity contribution in [3.05, 3.63) is 0 Å². The summed E-state index contributed by atoms with van der Waals surface area (Å²) in [5, 5.41) is 9.16. The van der Waals surface area contributed by atoms with E-state index in [1.807, 2.05) is 0 Å². The maximum atomic E-state index is 9.16. The Morgan fingerprint density at radius 2 is 1.77 bits per heavy atom. The van der Waals surface area contributed by atoms with Crippen LogP contribution in [0.15, 0.2) is 4.99 Å². The molecule has 4 heteroatoms. The lowest BCUT2D eigenvalue weighted by Crippen LogP contribution is -2.48. The van der Waals surface area contributed by atoms with Gasteiger partial charge < -0.3 is 9.80 Å². The molecule has 0 bridgehead atoms. The van der Waals surface area contributed by atoms with E-state index in [4.69, 9.17) is 5.26 Å². The van der Waals surface area contributed by atoms with Crippen molar-refractivity contribution in [1.29, 1.82) is 5.26 Å². The number of nitrogens with zero attached hydrogens (tertiary/aromatic N) is 4. The molecule has 1 atom stereocenters. The van der Waals surface area contributed by atoms with Crippen molar-refractivity contribution in [3.63, 3.8) is 0 Å². The first-order valence-corrected chi connectivity index (χ1v) is 9.10. The molecule has 0 amide bonds. The van der Waals surface area contributed by atoms with Crippen LogP contribution in [-0.2, 0) is 0 Å². The maximum absolute atomic E-state index is 9.16. The topological polar surface area (TPSA) is 42.6 Å². The summed E-state index contributed by atoms with van der Waals surface area (Å²) in [5.74, 6) is 1.57. The van der Waals surface area contributed by atoms with E-state index >= 15 is 0 Å². The standard InChI is InChI=1S/C18H32N4/c1-21(2)14-12-16-9-8-13-22(18(16)20-15-19)17-10-6-4-3-5-7-11-17/h16-17H,3-14H2,1-2H3. The van der Waals surface area contributed by atoms with Crippen LogP contribution in [0.25, 0.3) is 0 Å². The Balaban J connectivity index is 2.06. The predicted octanol–water partition coefficient (Wildman–Crippen LogP) is 3.64. The van der Waals surface area contributed by atoms with Crippen molar-refractivity contribution < 1.29 is 0 Å². The van der Waals surface area contributed by atoms with Gasteiger partial charge in [-0.25, -0.2) is 0 Å². The second-order valence-corrected chi connectivity index (χ2v) is 7.19. The van der Waals surface area contributed by atoms with Gasteiger partial charge in [0.25, 0.3) is 0 Å². The van der Waals surface area contributed by atoms with Crippen LogP contribution < -0.4 is 0 Å². The van der Waals surface area contributed by atoms with Gasteiger partial charge in [-0.1, -0.05) is 32.1 Å². The van der Waals surface area contributed by atoms with Crippen molar-refractivity contribution in [2.24, 2.45) is 10.9 Å². The number of rotatable bonds is 4. The summed E-state index contributed by atoms with van der Waals surface area (Å²) in [5.41, 5.74) is 0. The number of amidine groups is 1. The molecule has 2 aliphatic rings. The van der Waals surface area contributed by atoms with Crippen molar-refractivity contribution in [1.82, 2.24) is 9.80 Å². The monoisotopic (exact) mass is 304 g/mol. The molecular weight excluding hydrogens is 272 g/mol. The lowest BCUT2D eigenvalue weighted by Gasteiger charge is -2.41. The highest BCUT2D eigenvalue weighted by Crippen LogP contribution is 2.29. The van der Waals surface area contributed by atoms with Gasteiger partial charge in [0.05, 0.1) is 0 Å². The number of likely N-dealkylation sites (tertiary alicyclic amines) is 1. The second-order valence-electron chi connectivity index (χ2n) is 7.19. The molecule has 0 aromatic rings. The lowest BCUT2D eigenvalue weighted by molar-refractivity contribution is 0.214. The van der Waals surface area contributed by atoms with Crippen LogP contribution >= 0.6 is 0 Å². The Morgan fingerprint density at radius 1 is 1.09 bits per heavy atom. The van der Waals surface area contributed by atoms with Crippen molar-refractivity contribution in [2.75, 3.05) is 27.2 Å². The van der Waals surface area contributed by atoms with Crippen molar-refractivity contribution >= 4 is 5.84 Å². The van der Waals surface area contributed by atoms with Gasteiger partial charge in [-0.3, -0.25) is 0 Å². The molecule has 1 aliphatic heterocycles. The van der Waals surface area contributed by atoms with E-state index in [-0.39, 0.29) is 0 Å². The normalized spacial score (nSPS) is 26.7. The number of hydrogen-bond donors (Lipinski definition) is 0. The molecule has 1 aliphatic carbocycles. The lowest BCUT2D eigenvalue weighted by atomic mass is 9.88. The third-order valence-corrected chi connectivity index (χ3v) is 5.22. The molecule has 2 fully saturated rings. The highest BCUT2D eigenvalue weighted by Gasteiger charge is 2.31. The average molecular weight is 304 g/mol. The van der Waals surface area contributed by atoms with E-state index in [0.29, 0.717) is 12.0 Å². The maximum Gasteiger partial charge on any atom is 0.207 e. The van der Waals surface area contributed by atoms with Crippen molar-refractivity contribution in [2.45, 2.75) is 70.3 Å². The van der Waals surface area contributed by atoms with E-state index in [1.165, 1.54) is 57.8 Å². The van der Waals surface area contributed by atoms with E-state index in [9.17, 15) is 0 Å². The minimum absolute atomic E-state index is 0.473. The summed E-state index contributed by atoms with van der Waals surface area (Å²) in [6.45, 7) is 2.18. The van der Waals surface area contributed by atoms with Gasteiger partial charge in [-0.15, -0.1) is 0 Å². The van der Waals surface area contributed by atoms with Gasteiger partial charge >= 0.3 is 0 Å². The number of hydrogen-bond acceptors (Lipinski definition) is 3. The summed E-state index contributed by atoms with van der Waals surface area (Å²) in [6.07, 6.45) is 15.0. The molecule has 0 N–H and O–H groups in total. The first kappa shape index (κ1) is 17.3. The molecule has 1 saturated heterocycles. The van der Waals surface area contributed by atoms with Gasteiger partial charge in [0, 0.05) is 18.5 Å². The molecule has 1 saturated carbocycles. The SMILES string of the molecule is CN(C)CCC1CCCN(C2CCCCCCC2)C1=NC#N. The Kier molecular flexibility index (Phi) is 7.18. The molecular formula is C18H32N4. The van der Waals surface area contributed by atoms with E-state index in [2.05, 4.69) is 35.1 Å². The highest BCUT2D eigenvalue weighted by molar-refractivity contribution is 5.86. The number of piperidine rings is 1. The molecule has 0 aromatic heterocycles. The summed E-state index contributed by atoms with van der Waals surface area (Å²) < 4.78 is 0. The molecule has 0 spiro atoms. The number of aliphatic imine (C=N–C) groups is 1. The van der Waals surface area contributed by atoms with Crippen LogP contribution in [0, 0.1) is 17.4 Å². The second kappa shape index (κ2) is 9.15. The fourth-order valence-corrected chi connectivity index (χ4v) is 4.00. The molecule has 22 heavy (non-hydrogen) atoms. The smallest absolute Gasteiger partial charge is 0.207 e. The van der Waals surface area contributed by atoms with E-state index < -0.39 is 0 Å². The molecule has 1 unspecified atom stereocenters. The van der Waals surface area contributed by atoms with Crippen LogP contribution in [0.5, 0.6) is 0 Å². The first-order chi connectivity index (χ1) is 10.7. The largest absolute Gasteiger partial charge is 0.356 e. The Hall–Kier alpha value is -1.08. The zero-order valence-electron chi connectivity index (χ0n) is 14.4. The van der Waals surface area contributed by atoms with Crippen LogP contribution in [-0.4, -0.2) is 48.9 Å². The average Bonchev–Trinajstić information content (AvgIpc) is 2.46. The van der Waals surface area contributed by atoms with Crippen LogP contribution in [0.3, 0.4) is 0 Å². The highest BCUT2D eigenvalue weighted by atomic mass is 15.2. The van der Waals surface area contributed by atoms with E-state index in [1.54, 1.807) is 0 Å². The third kappa shape index (κ3) is 4.98. The summed E-state index contributed by atoms with van der Waals surface area (Å²) in [4.78, 5) is 9.03. The Labute approximate surface area is 136 Å². The summed E-state index contributed by atoms with van der Waals surface area (Å²) >= 11 is 0. The van der Waals surface area contributed by atoms with Gasteiger partial charge in [0.1, 0.15) is 5.84 Å². The first-order valence-electron chi connectivity index (χ1n) is 9.10. The number of nitriles is 1. The van der Waals surface area contributed by atoms with E-state index in [0.717, 1.165) is 25.3 Å². The zero-order chi connectivity index (χ0) is 15.8. The quantitative estimate of drug-likeness (QED) is 0.745. The van der Waals surface area contributed by atoms with Gasteiger partial charge in [0.2, 0.25) is 6.19 Å². The van der Waals surface area contributed by atoms with Gasteiger partial charge in [-0.2, -0.15) is 10.3 Å². The van der Waals surface area contributed by atoms with Gasteiger partial charge in [0.15, 0.2) is 0 Å². The fourth-order valence-electron chi connectivity index (χ4n) is 4.00. The molecule has 1 heterocycles. The summed E-state index contributed by atoms with van der Waals surface area (Å²) in [6, 6.07) is 0.620. The zero-order valence-corrected chi connectivity index (χ0v) is 14.4. The molecule has 124 valence electrons. The molecule has 2 rings (SSSR count). The minimum atomic E-state index is 0.473. The molecule has 4 nitrogen and oxygen atoms in total. The minimum Gasteiger partial charge on any atom is -0.356 e. The predicted molar refractivity (Wildman–Crippen MR) is 91.8 cm³/mol. The summed E-state index contributed by atoms with van der Waals surface area (Å²) in [7, 11) is 4.24. The van der Waals surface area contributed by atoms with Crippen molar-refractivity contribution in [3.8, 4) is 6.19 Å².